The van der Waals surface area contributed by atoms with Gasteiger partial charge in [-0.2, -0.15) is 0 Å². The van der Waals surface area contributed by atoms with Gasteiger partial charge in [0.1, 0.15) is 16.8 Å². The van der Waals surface area contributed by atoms with Crippen molar-refractivity contribution in [3.63, 3.8) is 0 Å². The van der Waals surface area contributed by atoms with Gasteiger partial charge in [0.05, 0.1) is 6.61 Å². The number of hydrogen-bond donors (Lipinski definition) is 0. The van der Waals surface area contributed by atoms with E-state index in [1.54, 1.807) is 13.2 Å². The highest BCUT2D eigenvalue weighted by atomic mass is 35.5. The molecular formula is C11H18ClN3O. The van der Waals surface area contributed by atoms with Crippen molar-refractivity contribution in [1.29, 1.82) is 0 Å². The van der Waals surface area contributed by atoms with Gasteiger partial charge in [0, 0.05) is 33.2 Å². The predicted molar refractivity (Wildman–Crippen MR) is 66.2 cm³/mol. The molecule has 0 saturated carbocycles. The number of aromatic nitrogens is 2. The highest BCUT2D eigenvalue weighted by molar-refractivity contribution is 6.29. The summed E-state index contributed by atoms with van der Waals surface area (Å²) in [5, 5.41) is 0.498. The molecule has 0 aliphatic heterocycles. The third-order valence-corrected chi connectivity index (χ3v) is 2.42. The van der Waals surface area contributed by atoms with E-state index in [1.165, 1.54) is 0 Å². The van der Waals surface area contributed by atoms with Gasteiger partial charge < -0.3 is 9.64 Å². The van der Waals surface area contributed by atoms with Crippen molar-refractivity contribution in [2.24, 2.45) is 0 Å². The van der Waals surface area contributed by atoms with Crippen LogP contribution in [-0.4, -0.2) is 37.3 Å². The largest absolute Gasteiger partial charge is 0.383 e. The second-order valence-electron chi connectivity index (χ2n) is 3.63. The number of halogens is 1. The van der Waals surface area contributed by atoms with Crippen LogP contribution in [0.3, 0.4) is 0 Å². The second kappa shape index (κ2) is 6.66. The molecule has 0 amide bonds. The number of hydrogen-bond acceptors (Lipinski definition) is 4. The van der Waals surface area contributed by atoms with E-state index in [1.807, 2.05) is 11.9 Å². The predicted octanol–water partition coefficient (Wildman–Crippen LogP) is 2.17. The van der Waals surface area contributed by atoms with Crippen molar-refractivity contribution in [3.05, 3.63) is 17.0 Å². The molecule has 4 nitrogen and oxygen atoms in total. The van der Waals surface area contributed by atoms with Crippen molar-refractivity contribution in [2.45, 2.75) is 19.8 Å². The van der Waals surface area contributed by atoms with E-state index in [0.717, 1.165) is 31.0 Å². The molecular weight excluding hydrogens is 226 g/mol. The Balaban J connectivity index is 2.78. The van der Waals surface area contributed by atoms with Crippen molar-refractivity contribution in [2.75, 3.05) is 32.2 Å². The molecule has 0 saturated heterocycles. The third-order valence-electron chi connectivity index (χ3n) is 2.22. The lowest BCUT2D eigenvalue weighted by atomic mass is 10.3. The summed E-state index contributed by atoms with van der Waals surface area (Å²) < 4.78 is 5.02. The zero-order chi connectivity index (χ0) is 12.0. The van der Waals surface area contributed by atoms with Gasteiger partial charge in [-0.05, 0) is 6.42 Å². The molecule has 1 aromatic heterocycles. The Bertz CT molecular complexity index is 333. The van der Waals surface area contributed by atoms with Crippen molar-refractivity contribution in [1.82, 2.24) is 9.97 Å². The average Bonchev–Trinajstić information content (AvgIpc) is 2.25. The molecule has 1 rings (SSSR count). The summed E-state index contributed by atoms with van der Waals surface area (Å²) in [6.07, 6.45) is 1.87. The molecule has 0 radical (unpaired) electrons. The maximum atomic E-state index is 5.95. The van der Waals surface area contributed by atoms with E-state index < -0.39 is 0 Å². The van der Waals surface area contributed by atoms with E-state index in [9.17, 15) is 0 Å². The van der Waals surface area contributed by atoms with Gasteiger partial charge in [-0.25, -0.2) is 9.97 Å². The molecule has 1 aromatic rings. The summed E-state index contributed by atoms with van der Waals surface area (Å²) in [5.41, 5.74) is 0. The monoisotopic (exact) mass is 243 g/mol. The first-order chi connectivity index (χ1) is 7.67. The Morgan fingerprint density at radius 2 is 2.19 bits per heavy atom. The van der Waals surface area contributed by atoms with Gasteiger partial charge in [0.2, 0.25) is 0 Å². The quantitative estimate of drug-likeness (QED) is 0.718. The molecule has 0 spiro atoms. The second-order valence-corrected chi connectivity index (χ2v) is 4.02. The topological polar surface area (TPSA) is 38.2 Å². The van der Waals surface area contributed by atoms with E-state index in [0.29, 0.717) is 11.8 Å². The molecule has 16 heavy (non-hydrogen) atoms. The molecule has 1 heterocycles. The van der Waals surface area contributed by atoms with Gasteiger partial charge in [0.15, 0.2) is 0 Å². The Kier molecular flexibility index (Phi) is 5.49. The minimum atomic E-state index is 0.498. The first kappa shape index (κ1) is 13.2. The number of ether oxygens (including phenoxy) is 1. The lowest BCUT2D eigenvalue weighted by Crippen LogP contribution is -2.23. The number of rotatable bonds is 6. The summed E-state index contributed by atoms with van der Waals surface area (Å²) in [6.45, 7) is 3.55. The van der Waals surface area contributed by atoms with Gasteiger partial charge in [-0.3, -0.25) is 0 Å². The molecule has 90 valence electrons. The molecule has 0 atom stereocenters. The van der Waals surface area contributed by atoms with Crippen LogP contribution in [-0.2, 0) is 11.2 Å². The SMILES string of the molecule is CCCc1nc(Cl)cc(N(C)CCOC)n1. The number of nitrogens with zero attached hydrogens (tertiary/aromatic N) is 3. The zero-order valence-electron chi connectivity index (χ0n) is 10.0. The smallest absolute Gasteiger partial charge is 0.134 e. The van der Waals surface area contributed by atoms with Crippen LogP contribution in [0, 0.1) is 0 Å². The van der Waals surface area contributed by atoms with Crippen molar-refractivity contribution < 1.29 is 4.74 Å². The van der Waals surface area contributed by atoms with E-state index >= 15 is 0 Å². The fraction of sp³-hybridized carbons (Fsp3) is 0.636. The zero-order valence-corrected chi connectivity index (χ0v) is 10.8. The standard InChI is InChI=1S/C11H18ClN3O/c1-4-5-10-13-9(12)8-11(14-10)15(2)6-7-16-3/h8H,4-7H2,1-3H3. The Labute approximate surface area is 102 Å². The molecule has 0 bridgehead atoms. The van der Waals surface area contributed by atoms with Crippen LogP contribution in [0.2, 0.25) is 5.15 Å². The minimum Gasteiger partial charge on any atom is -0.383 e. The van der Waals surface area contributed by atoms with Crippen molar-refractivity contribution in [3.8, 4) is 0 Å². The van der Waals surface area contributed by atoms with E-state index in [4.69, 9.17) is 16.3 Å². The van der Waals surface area contributed by atoms with E-state index in [-0.39, 0.29) is 0 Å². The number of anilines is 1. The maximum absolute atomic E-state index is 5.95. The number of methoxy groups -OCH3 is 1. The average molecular weight is 244 g/mol. The van der Waals surface area contributed by atoms with Gasteiger partial charge in [-0.15, -0.1) is 0 Å². The van der Waals surface area contributed by atoms with Crippen LogP contribution in [0.4, 0.5) is 5.82 Å². The van der Waals surface area contributed by atoms with Crippen LogP contribution >= 0.6 is 11.6 Å². The Hall–Kier alpha value is -0.870. The first-order valence-electron chi connectivity index (χ1n) is 5.41. The summed E-state index contributed by atoms with van der Waals surface area (Å²) in [6, 6.07) is 1.77. The highest BCUT2D eigenvalue weighted by Crippen LogP contribution is 2.15. The maximum Gasteiger partial charge on any atom is 0.134 e. The molecule has 0 unspecified atom stereocenters. The van der Waals surface area contributed by atoms with Gasteiger partial charge >= 0.3 is 0 Å². The highest BCUT2D eigenvalue weighted by Gasteiger charge is 2.06. The van der Waals surface area contributed by atoms with Crippen LogP contribution < -0.4 is 4.90 Å². The Morgan fingerprint density at radius 1 is 1.44 bits per heavy atom. The summed E-state index contributed by atoms with van der Waals surface area (Å²) in [5.74, 6) is 1.65. The lowest BCUT2D eigenvalue weighted by Gasteiger charge is -2.18. The lowest BCUT2D eigenvalue weighted by molar-refractivity contribution is 0.206. The normalized spacial score (nSPS) is 10.5. The molecule has 0 aliphatic rings. The summed E-state index contributed by atoms with van der Waals surface area (Å²) >= 11 is 5.95. The summed E-state index contributed by atoms with van der Waals surface area (Å²) in [4.78, 5) is 10.6. The Morgan fingerprint density at radius 3 is 2.81 bits per heavy atom. The molecule has 0 fully saturated rings. The fourth-order valence-corrected chi connectivity index (χ4v) is 1.52. The van der Waals surface area contributed by atoms with Crippen LogP contribution in [0.15, 0.2) is 6.07 Å². The van der Waals surface area contributed by atoms with Crippen molar-refractivity contribution >= 4 is 17.4 Å². The minimum absolute atomic E-state index is 0.498. The van der Waals surface area contributed by atoms with Gasteiger partial charge in [0.25, 0.3) is 0 Å². The molecule has 0 aromatic carbocycles. The van der Waals surface area contributed by atoms with Crippen LogP contribution in [0.5, 0.6) is 0 Å². The van der Waals surface area contributed by atoms with E-state index in [2.05, 4.69) is 16.9 Å². The fourth-order valence-electron chi connectivity index (χ4n) is 1.33. The third kappa shape index (κ3) is 3.94. The first-order valence-corrected chi connectivity index (χ1v) is 5.78. The number of aryl methyl sites for hydroxylation is 1. The van der Waals surface area contributed by atoms with Crippen LogP contribution in [0.1, 0.15) is 19.2 Å². The van der Waals surface area contributed by atoms with Crippen LogP contribution in [0.25, 0.3) is 0 Å². The molecule has 5 heteroatoms. The molecule has 0 aliphatic carbocycles. The number of likely N-dealkylation sites (N-methyl/N-ethyl adjacent to an activating group) is 1. The van der Waals surface area contributed by atoms with Gasteiger partial charge in [-0.1, -0.05) is 18.5 Å². The summed E-state index contributed by atoms with van der Waals surface area (Å²) in [7, 11) is 3.65. The molecule has 0 N–H and O–H groups in total.